The molecule has 17 aliphatic rings. The Morgan fingerprint density at radius 2 is 0.608 bits per heavy atom. The zero-order valence-electron chi connectivity index (χ0n) is 86.2. The van der Waals surface area contributed by atoms with Crippen molar-refractivity contribution in [3.05, 3.63) is 177 Å². The first kappa shape index (κ1) is 112. The summed E-state index contributed by atoms with van der Waals surface area (Å²) in [6, 6.07) is 15.8. The number of carbonyl (C=O) groups excluding carboxylic acids is 1. The zero-order valence-corrected chi connectivity index (χ0v) is 88.7. The lowest BCUT2D eigenvalue weighted by molar-refractivity contribution is -0.136. The summed E-state index contributed by atoms with van der Waals surface area (Å²) < 4.78 is 249. The van der Waals surface area contributed by atoms with Crippen molar-refractivity contribution in [1.29, 1.82) is 0 Å². The van der Waals surface area contributed by atoms with Gasteiger partial charge in [0.15, 0.2) is 0 Å². The highest BCUT2D eigenvalue weighted by Gasteiger charge is 2.53. The van der Waals surface area contributed by atoms with Gasteiger partial charge in [0.1, 0.15) is 88.7 Å². The van der Waals surface area contributed by atoms with Crippen molar-refractivity contribution >= 4 is 36.0 Å². The second kappa shape index (κ2) is 47.6. The summed E-state index contributed by atoms with van der Waals surface area (Å²) in [4.78, 5) is 29.1. The van der Waals surface area contributed by atoms with E-state index in [0.717, 1.165) is 214 Å². The molecule has 10 N–H and O–H groups in total. The first-order chi connectivity index (χ1) is 70.5. The fourth-order valence-corrected chi connectivity index (χ4v) is 31.9. The first-order valence-corrected chi connectivity index (χ1v) is 58.9. The van der Waals surface area contributed by atoms with Crippen molar-refractivity contribution in [3.63, 3.8) is 0 Å². The van der Waals surface area contributed by atoms with E-state index in [1.54, 1.807) is 26.8 Å². The summed E-state index contributed by atoms with van der Waals surface area (Å²) in [6.07, 6.45) is 9.60. The molecule has 2 aliphatic carbocycles. The zero-order chi connectivity index (χ0) is 105. The molecule has 10 unspecified atom stereocenters. The fourth-order valence-electron chi connectivity index (χ4n) is 26.8. The van der Waals surface area contributed by atoms with Crippen LogP contribution in [0, 0.1) is 135 Å². The molecule has 15 saturated heterocycles. The molecule has 22 rings (SSSR count). The maximum atomic E-state index is 14.2. The second-order valence-electron chi connectivity index (χ2n) is 46.9. The van der Waals surface area contributed by atoms with Gasteiger partial charge in [0.05, 0.1) is 49.3 Å². The molecular weight excluding hydrogens is 1990 g/mol. The Morgan fingerprint density at radius 1 is 0.331 bits per heavy atom. The molecule has 27 nitrogen and oxygen atoms in total. The van der Waals surface area contributed by atoms with E-state index in [-0.39, 0.29) is 98.9 Å². The smallest absolute Gasteiger partial charge is 0.225 e. The van der Waals surface area contributed by atoms with E-state index in [1.807, 2.05) is 32.6 Å². The third kappa shape index (κ3) is 26.1. The molecule has 17 fully saturated rings. The van der Waals surface area contributed by atoms with Crippen molar-refractivity contribution < 1.29 is 97.6 Å². The van der Waals surface area contributed by atoms with Gasteiger partial charge >= 0.3 is 0 Å². The number of carbonyl (C=O) groups is 1. The molecule has 822 valence electrons. The number of fused-ring (bicyclic) bond motifs is 5. The number of likely N-dealkylation sites (tertiary alicyclic amines) is 7. The highest BCUT2D eigenvalue weighted by atomic mass is 32.2. The molecule has 40 heteroatoms. The standard InChI is InChI=1S/C22H33F2N3O3S.C22H31F2N3O2.C22H31F2N3O.C21H29F2N3O3S.C21H31F2N3O3S/c1-14(2)13-31(28,29)27-6-5-15-9-26(10-16(15)11-27)18-8-21(25)22(30-12-18)19-7-17(23)3-4-20(19)24;1-13(2)22(28)26-6-5-14-9-27(11-15(14)10-26)17-8-20(25)21(29-12-17)18-7-16(23)3-4-19(18)24;23-17-3-4-20(24)19(7-17)22-21(25)8-18(13-28-22)27-11-15-5-6-26(9-14-1-2-14)10-16(15)12-27;22-15-1-4-19(23)18(7-15)21-20(24)8-16(12-29-21)25-9-13-5-6-26(11-14(13)10-25)30(27,28)17-2-3-17;1-13(2)30(27,28)26-6-5-14-9-25(10-15(14)11-26)17-8-20(24)21(29-12-17)18-7-16(22)3-4-19(18)23/h3-4,7,14-16,18,21-22H,5-6,8-13,25H2,1-2H3;3-4,7,13-15,17,20-21H,5-6,8-12,25H2,1-2H3;3-4,7,14-16,18,21-22H,1-2,5-6,8-13,25H2;1,4,7,13-14,16-17,20-21H,2-3,5-6,8-12,24H2;3-4,7,13-15,17,20-21H,5-6,8-12,24H2,1-2H3/t15?,16?,18-,21+,22-;14?,15?,17-,20+,21-;15?,16?,18-,21+,22-;13?,14?,16-,20+,21-;14?,15?,17-,20+,21-/m11111/s1. The number of nitrogens with two attached hydrogens (primary N) is 5. The van der Waals surface area contributed by atoms with Gasteiger partial charge in [-0.05, 0) is 272 Å². The average molecular weight is 2140 g/mol. The third-order valence-electron chi connectivity index (χ3n) is 35.2. The van der Waals surface area contributed by atoms with E-state index >= 15 is 0 Å². The minimum Gasteiger partial charge on any atom is -0.370 e. The van der Waals surface area contributed by atoms with Crippen LogP contribution < -0.4 is 28.7 Å². The summed E-state index contributed by atoms with van der Waals surface area (Å²) in [5.41, 5.74) is 32.7. The highest BCUT2D eigenvalue weighted by Crippen LogP contribution is 2.47. The molecule has 25 atom stereocenters. The van der Waals surface area contributed by atoms with Gasteiger partial charge in [-0.1, -0.05) is 27.7 Å². The lowest BCUT2D eigenvalue weighted by Crippen LogP contribution is -2.49. The number of sulfonamides is 3. The minimum absolute atomic E-state index is 0.0361. The Kier molecular flexibility index (Phi) is 35.9. The van der Waals surface area contributed by atoms with E-state index in [9.17, 15) is 74.0 Å². The van der Waals surface area contributed by atoms with Gasteiger partial charge < -0.3 is 62.2 Å². The van der Waals surface area contributed by atoms with Gasteiger partial charge in [0.25, 0.3) is 0 Å². The topological polar surface area (TPSA) is 328 Å². The molecule has 148 heavy (non-hydrogen) atoms. The number of rotatable bonds is 20. The molecule has 0 radical (unpaired) electrons. The van der Waals surface area contributed by atoms with Crippen molar-refractivity contribution in [2.75, 3.05) is 176 Å². The Bertz CT molecular complexity index is 5610. The van der Waals surface area contributed by atoms with Crippen molar-refractivity contribution in [3.8, 4) is 0 Å². The van der Waals surface area contributed by atoms with Crippen LogP contribution in [0.25, 0.3) is 0 Å². The van der Waals surface area contributed by atoms with Crippen LogP contribution in [0.2, 0.25) is 0 Å². The largest absolute Gasteiger partial charge is 0.370 e. The number of hydrogen-bond acceptors (Lipinski definition) is 23. The van der Waals surface area contributed by atoms with Crippen LogP contribution in [0.3, 0.4) is 0 Å². The molecule has 0 aromatic heterocycles. The number of nitrogens with zero attached hydrogens (tertiary/aromatic N) is 10. The summed E-state index contributed by atoms with van der Waals surface area (Å²) in [5, 5.41) is -0.562. The van der Waals surface area contributed by atoms with Gasteiger partial charge in [0, 0.05) is 225 Å². The van der Waals surface area contributed by atoms with Gasteiger partial charge in [0.2, 0.25) is 36.0 Å². The average Bonchev–Trinajstić information content (AvgIpc) is 1.64. The SMILES string of the molecule is CC(C)C(=O)N1CCC2CN([C@H]3CO[C@H](c4cc(F)ccc4F)[C@@H](N)C3)CC2C1.CC(C)CS(=O)(=O)N1CCC2CN([C@H]3CO[C@H](c4cc(F)ccc4F)[C@@H](N)C3)CC2C1.CC(C)S(=O)(=O)N1CCC2CN([C@H]3CO[C@H](c4cc(F)ccc4F)[C@@H](N)C3)CC2C1.N[C@H]1C[C@@H](N2CC3CCN(CC4CC4)CC3C2)CO[C@@H]1c1cc(F)ccc1F.N[C@H]1C[C@@H](N2CC3CCN(S(=O)(=O)C4CC4)CC3C2)CO[C@@H]1c1cc(F)ccc1F. The number of amides is 1. The lowest BCUT2D eigenvalue weighted by atomic mass is 9.88. The maximum absolute atomic E-state index is 14.2. The van der Waals surface area contributed by atoms with E-state index in [1.165, 1.54) is 57.1 Å². The van der Waals surface area contributed by atoms with Crippen LogP contribution in [-0.2, 0) is 58.5 Å². The normalized spacial score (nSPS) is 34.6. The van der Waals surface area contributed by atoms with Crippen LogP contribution in [-0.4, -0.2) is 326 Å². The third-order valence-corrected chi connectivity index (χ3v) is 42.1. The number of hydrogen-bond donors (Lipinski definition) is 5. The summed E-state index contributed by atoms with van der Waals surface area (Å²) >= 11 is 0. The molecule has 0 spiro atoms. The molecule has 0 bridgehead atoms. The van der Waals surface area contributed by atoms with Gasteiger partial charge in [-0.25, -0.2) is 82.1 Å². The second-order valence-corrected chi connectivity index (χ2v) is 53.6. The van der Waals surface area contributed by atoms with Gasteiger partial charge in [-0.2, -0.15) is 0 Å². The van der Waals surface area contributed by atoms with Crippen LogP contribution >= 0.6 is 0 Å². The van der Waals surface area contributed by atoms with Crippen LogP contribution in [0.15, 0.2) is 91.0 Å². The number of halogens is 10. The Balaban J connectivity index is 0.000000121. The maximum Gasteiger partial charge on any atom is 0.225 e. The first-order valence-electron chi connectivity index (χ1n) is 54.3. The number of piperidine rings is 5. The summed E-state index contributed by atoms with van der Waals surface area (Å²) in [5.74, 6) is 1.67. The van der Waals surface area contributed by atoms with E-state index in [4.69, 9.17) is 52.4 Å². The Hall–Kier alpha value is -6.04. The molecule has 15 aliphatic heterocycles. The van der Waals surface area contributed by atoms with Crippen LogP contribution in [0.1, 0.15) is 190 Å². The molecule has 5 aromatic rings. The molecule has 5 aromatic carbocycles. The van der Waals surface area contributed by atoms with Crippen molar-refractivity contribution in [2.24, 2.45) is 106 Å². The van der Waals surface area contributed by atoms with Gasteiger partial charge in [-0.15, -0.1) is 0 Å². The minimum atomic E-state index is -3.23. The number of benzene rings is 5. The van der Waals surface area contributed by atoms with E-state index in [2.05, 4.69) is 29.4 Å². The predicted octanol–water partition coefficient (Wildman–Crippen LogP) is 11.7. The fraction of sp³-hybridized carbons (Fsp3) is 0.713. The van der Waals surface area contributed by atoms with Crippen LogP contribution in [0.4, 0.5) is 43.9 Å². The van der Waals surface area contributed by atoms with E-state index < -0.39 is 142 Å². The Labute approximate surface area is 867 Å². The quantitative estimate of drug-likeness (QED) is 0.0452. The molecule has 15 heterocycles. The molecule has 2 saturated carbocycles. The predicted molar refractivity (Wildman–Crippen MR) is 543 cm³/mol. The van der Waals surface area contributed by atoms with Crippen molar-refractivity contribution in [1.82, 2.24) is 47.2 Å². The van der Waals surface area contributed by atoms with Crippen molar-refractivity contribution in [2.45, 2.75) is 233 Å². The van der Waals surface area contributed by atoms with E-state index in [0.29, 0.717) is 145 Å². The summed E-state index contributed by atoms with van der Waals surface area (Å²) in [6.45, 7) is 31.8. The molecule has 1 amide bonds. The Morgan fingerprint density at radius 3 is 0.905 bits per heavy atom. The summed E-state index contributed by atoms with van der Waals surface area (Å²) in [7, 11) is -9.57. The highest BCUT2D eigenvalue weighted by molar-refractivity contribution is 7.90. The van der Waals surface area contributed by atoms with Gasteiger partial charge in [-0.3, -0.25) is 29.3 Å². The van der Waals surface area contributed by atoms with Crippen LogP contribution in [0.5, 0.6) is 0 Å². The lowest BCUT2D eigenvalue weighted by Gasteiger charge is -2.39. The monoisotopic (exact) mass is 2140 g/mol. The molecular formula is C108H155F10N15O12S3. The number of ether oxygens (including phenoxy) is 5.